The number of carbonyl (C=O) groups excluding carboxylic acids is 2. The van der Waals surface area contributed by atoms with Gasteiger partial charge in [-0.2, -0.15) is 26.3 Å². The van der Waals surface area contributed by atoms with Crippen molar-refractivity contribution in [3.8, 4) is 5.75 Å². The summed E-state index contributed by atoms with van der Waals surface area (Å²) in [6, 6.07) is 10.5. The Kier molecular flexibility index (Phi) is 6.68. The van der Waals surface area contributed by atoms with Gasteiger partial charge in [0.25, 0.3) is 5.91 Å². The number of hydrogen-bond donors (Lipinski definition) is 1. The van der Waals surface area contributed by atoms with Gasteiger partial charge < -0.3 is 10.1 Å². The fourth-order valence-corrected chi connectivity index (χ4v) is 2.82. The minimum absolute atomic E-state index is 0.0762. The molecule has 3 rings (SSSR count). The summed E-state index contributed by atoms with van der Waals surface area (Å²) in [6.45, 7) is 0. The molecule has 0 aliphatic heterocycles. The molecule has 0 aliphatic carbocycles. The maximum absolute atomic E-state index is 12.7. The molecule has 3 aromatic carbocycles. The van der Waals surface area contributed by atoms with Gasteiger partial charge in [0.05, 0.1) is 22.4 Å². The van der Waals surface area contributed by atoms with Gasteiger partial charge in [0.15, 0.2) is 5.75 Å². The molecule has 3 aromatic rings. The van der Waals surface area contributed by atoms with E-state index in [1.54, 1.807) is 0 Å². The number of benzene rings is 3. The number of rotatable bonds is 4. The first-order chi connectivity index (χ1) is 15.3. The molecule has 0 fully saturated rings. The Morgan fingerprint density at radius 3 is 1.70 bits per heavy atom. The van der Waals surface area contributed by atoms with E-state index in [0.29, 0.717) is 12.1 Å². The lowest BCUT2D eigenvalue weighted by Gasteiger charge is -2.13. The summed E-state index contributed by atoms with van der Waals surface area (Å²) in [5, 5.41) is 2.53. The van der Waals surface area contributed by atoms with Gasteiger partial charge >= 0.3 is 18.3 Å². The van der Waals surface area contributed by atoms with E-state index in [1.807, 2.05) is 0 Å². The van der Waals surface area contributed by atoms with Crippen LogP contribution in [0.15, 0.2) is 66.7 Å². The van der Waals surface area contributed by atoms with E-state index < -0.39 is 35.4 Å². The molecule has 1 N–H and O–H groups in total. The van der Waals surface area contributed by atoms with E-state index in [9.17, 15) is 35.9 Å². The summed E-state index contributed by atoms with van der Waals surface area (Å²) in [5.41, 5.74) is -2.25. The van der Waals surface area contributed by atoms with Gasteiger partial charge in [0.2, 0.25) is 0 Å². The van der Waals surface area contributed by atoms with Crippen molar-refractivity contribution >= 4 is 29.2 Å². The summed E-state index contributed by atoms with van der Waals surface area (Å²) < 4.78 is 81.3. The highest BCUT2D eigenvalue weighted by Gasteiger charge is 2.31. The van der Waals surface area contributed by atoms with Crippen molar-refractivity contribution in [2.24, 2.45) is 0 Å². The van der Waals surface area contributed by atoms with E-state index in [-0.39, 0.29) is 27.6 Å². The normalized spacial score (nSPS) is 11.7. The first kappa shape index (κ1) is 24.1. The predicted molar refractivity (Wildman–Crippen MR) is 107 cm³/mol. The highest BCUT2D eigenvalue weighted by atomic mass is 35.5. The van der Waals surface area contributed by atoms with Crippen molar-refractivity contribution in [1.29, 1.82) is 0 Å². The predicted octanol–water partition coefficient (Wildman–Crippen LogP) is 6.85. The molecule has 0 bridgehead atoms. The number of alkyl halides is 6. The smallest absolute Gasteiger partial charge is 0.416 e. The maximum atomic E-state index is 12.7. The van der Waals surface area contributed by atoms with Crippen LogP contribution < -0.4 is 10.1 Å². The molecule has 0 radical (unpaired) electrons. The second-order valence-corrected chi connectivity index (χ2v) is 7.07. The van der Waals surface area contributed by atoms with Gasteiger partial charge in [-0.15, -0.1) is 0 Å². The van der Waals surface area contributed by atoms with Crippen molar-refractivity contribution in [3.05, 3.63) is 94.0 Å². The molecule has 172 valence electrons. The molecule has 1 amide bonds. The van der Waals surface area contributed by atoms with Crippen LogP contribution in [0.5, 0.6) is 5.75 Å². The fraction of sp³-hybridized carbons (Fsp3) is 0.0909. The third kappa shape index (κ3) is 6.04. The third-order valence-corrected chi connectivity index (χ3v) is 4.55. The molecule has 0 atom stereocenters. The zero-order valence-electron chi connectivity index (χ0n) is 16.2. The van der Waals surface area contributed by atoms with Crippen LogP contribution in [0.1, 0.15) is 31.8 Å². The van der Waals surface area contributed by atoms with Gasteiger partial charge in [-0.05, 0) is 66.7 Å². The monoisotopic (exact) mass is 487 g/mol. The molecule has 0 spiro atoms. The lowest BCUT2D eigenvalue weighted by Crippen LogP contribution is -2.15. The zero-order chi connectivity index (χ0) is 24.4. The highest BCUT2D eigenvalue weighted by molar-refractivity contribution is 6.31. The van der Waals surface area contributed by atoms with Gasteiger partial charge in [0.1, 0.15) is 0 Å². The topological polar surface area (TPSA) is 55.4 Å². The minimum atomic E-state index is -4.58. The molecule has 0 aromatic heterocycles. The molecular weight excluding hydrogens is 476 g/mol. The van der Waals surface area contributed by atoms with Crippen LogP contribution in [0, 0.1) is 0 Å². The van der Waals surface area contributed by atoms with Gasteiger partial charge in [-0.3, -0.25) is 4.79 Å². The van der Waals surface area contributed by atoms with Crippen molar-refractivity contribution in [1.82, 2.24) is 0 Å². The van der Waals surface area contributed by atoms with Gasteiger partial charge in [0, 0.05) is 10.6 Å². The lowest BCUT2D eigenvalue weighted by molar-refractivity contribution is -0.138. The van der Waals surface area contributed by atoms with Gasteiger partial charge in [-0.25, -0.2) is 4.79 Å². The standard InChI is InChI=1S/C22H12ClF6NO3/c23-16-9-10-18(33-20(32)13-3-7-15(8-4-13)22(27,28)29)17(11-16)30-19(31)12-1-5-14(6-2-12)21(24,25)26/h1-11H,(H,30,31). The van der Waals surface area contributed by atoms with Crippen LogP contribution in [-0.2, 0) is 12.4 Å². The van der Waals surface area contributed by atoms with Crippen LogP contribution in [0.2, 0.25) is 5.02 Å². The third-order valence-electron chi connectivity index (χ3n) is 4.31. The second kappa shape index (κ2) is 9.14. The number of nitrogens with one attached hydrogen (secondary N) is 1. The van der Waals surface area contributed by atoms with Crippen LogP contribution in [-0.4, -0.2) is 11.9 Å². The second-order valence-electron chi connectivity index (χ2n) is 6.63. The SMILES string of the molecule is O=C(Nc1cc(Cl)ccc1OC(=O)c1ccc(C(F)(F)F)cc1)c1ccc(C(F)(F)F)cc1. The Balaban J connectivity index is 1.79. The molecule has 11 heteroatoms. The number of esters is 1. The van der Waals surface area contributed by atoms with E-state index >= 15 is 0 Å². The quantitative estimate of drug-likeness (QED) is 0.249. The minimum Gasteiger partial charge on any atom is -0.421 e. The first-order valence-electron chi connectivity index (χ1n) is 9.02. The largest absolute Gasteiger partial charge is 0.421 e. The average molecular weight is 488 g/mol. The summed E-state index contributed by atoms with van der Waals surface area (Å²) in [7, 11) is 0. The number of hydrogen-bond acceptors (Lipinski definition) is 3. The van der Waals surface area contributed by atoms with Crippen LogP contribution >= 0.6 is 11.6 Å². The van der Waals surface area contributed by atoms with Gasteiger partial charge in [-0.1, -0.05) is 11.6 Å². The van der Waals surface area contributed by atoms with Crippen molar-refractivity contribution < 1.29 is 40.7 Å². The first-order valence-corrected chi connectivity index (χ1v) is 9.40. The summed E-state index contributed by atoms with van der Waals surface area (Å²) in [5.74, 6) is -1.99. The summed E-state index contributed by atoms with van der Waals surface area (Å²) in [6.07, 6.45) is -9.14. The van der Waals surface area contributed by atoms with Crippen LogP contribution in [0.4, 0.5) is 32.0 Å². The van der Waals surface area contributed by atoms with E-state index in [4.69, 9.17) is 16.3 Å². The van der Waals surface area contributed by atoms with E-state index in [0.717, 1.165) is 36.4 Å². The number of carbonyl (C=O) groups is 2. The number of anilines is 1. The van der Waals surface area contributed by atoms with E-state index in [1.165, 1.54) is 18.2 Å². The molecule has 33 heavy (non-hydrogen) atoms. The Morgan fingerprint density at radius 2 is 1.21 bits per heavy atom. The van der Waals surface area contributed by atoms with Crippen LogP contribution in [0.3, 0.4) is 0 Å². The molecule has 4 nitrogen and oxygen atoms in total. The Morgan fingerprint density at radius 1 is 0.727 bits per heavy atom. The molecular formula is C22H12ClF6NO3. The number of ether oxygens (including phenoxy) is 1. The molecule has 0 aliphatic rings. The van der Waals surface area contributed by atoms with Crippen molar-refractivity contribution in [2.45, 2.75) is 12.4 Å². The van der Waals surface area contributed by atoms with E-state index in [2.05, 4.69) is 5.32 Å². The summed E-state index contributed by atoms with van der Waals surface area (Å²) >= 11 is 5.91. The number of halogens is 7. The zero-order valence-corrected chi connectivity index (χ0v) is 17.0. The fourth-order valence-electron chi connectivity index (χ4n) is 2.65. The molecule has 0 saturated heterocycles. The Bertz CT molecular complexity index is 1170. The van der Waals surface area contributed by atoms with Crippen molar-refractivity contribution in [2.75, 3.05) is 5.32 Å². The molecule has 0 heterocycles. The van der Waals surface area contributed by atoms with Crippen molar-refractivity contribution in [3.63, 3.8) is 0 Å². The Labute approximate surface area is 187 Å². The molecule has 0 saturated carbocycles. The number of amides is 1. The Hall–Kier alpha value is -3.53. The molecule has 0 unspecified atom stereocenters. The summed E-state index contributed by atoms with van der Waals surface area (Å²) in [4.78, 5) is 24.8. The average Bonchev–Trinajstić information content (AvgIpc) is 2.74. The van der Waals surface area contributed by atoms with Crippen LogP contribution in [0.25, 0.3) is 0 Å². The maximum Gasteiger partial charge on any atom is 0.416 e. The lowest BCUT2D eigenvalue weighted by atomic mass is 10.1. The highest BCUT2D eigenvalue weighted by Crippen LogP contribution is 2.32.